The van der Waals surface area contributed by atoms with Crippen molar-refractivity contribution < 1.29 is 17.9 Å². The second-order valence-corrected chi connectivity index (χ2v) is 10.1. The fourth-order valence-electron chi connectivity index (χ4n) is 4.30. The molecular formula is C19H30N6O4S. The third kappa shape index (κ3) is 4.84. The molecule has 0 bridgehead atoms. The number of anilines is 2. The molecule has 0 saturated carbocycles. The summed E-state index contributed by atoms with van der Waals surface area (Å²) in [4.78, 5) is 19.1. The van der Waals surface area contributed by atoms with Gasteiger partial charge in [-0.25, -0.2) is 12.7 Å². The Morgan fingerprint density at radius 2 is 1.43 bits per heavy atom. The SMILES string of the molecule is CS(=O)(=O)N1CCC(C(=O)N2CCN(c3ccc(N4CCOCC4)nn3)CC2)CC1. The second-order valence-electron chi connectivity index (χ2n) is 8.10. The molecule has 0 spiro atoms. The molecule has 1 amide bonds. The van der Waals surface area contributed by atoms with Gasteiger partial charge in [0, 0.05) is 58.3 Å². The van der Waals surface area contributed by atoms with Crippen LogP contribution in [-0.4, -0.2) is 106 Å². The van der Waals surface area contributed by atoms with Gasteiger partial charge in [0.15, 0.2) is 11.6 Å². The molecule has 3 saturated heterocycles. The monoisotopic (exact) mass is 438 g/mol. The van der Waals surface area contributed by atoms with Gasteiger partial charge in [-0.2, -0.15) is 0 Å². The molecular weight excluding hydrogens is 408 g/mol. The van der Waals surface area contributed by atoms with Gasteiger partial charge >= 0.3 is 0 Å². The Bertz CT molecular complexity index is 827. The summed E-state index contributed by atoms with van der Waals surface area (Å²) in [6.45, 7) is 6.70. The van der Waals surface area contributed by atoms with Crippen LogP contribution in [0, 0.1) is 5.92 Å². The maximum Gasteiger partial charge on any atom is 0.225 e. The summed E-state index contributed by atoms with van der Waals surface area (Å²) in [5.74, 6) is 1.77. The first-order valence-electron chi connectivity index (χ1n) is 10.6. The minimum Gasteiger partial charge on any atom is -0.378 e. The lowest BCUT2D eigenvalue weighted by Crippen LogP contribution is -2.52. The van der Waals surface area contributed by atoms with Crippen molar-refractivity contribution in [2.45, 2.75) is 12.8 Å². The summed E-state index contributed by atoms with van der Waals surface area (Å²) in [6, 6.07) is 4.00. The lowest BCUT2D eigenvalue weighted by molar-refractivity contribution is -0.137. The summed E-state index contributed by atoms with van der Waals surface area (Å²) in [6.07, 6.45) is 2.42. The summed E-state index contributed by atoms with van der Waals surface area (Å²) >= 11 is 0. The zero-order chi connectivity index (χ0) is 21.1. The molecule has 0 unspecified atom stereocenters. The average Bonchev–Trinajstić information content (AvgIpc) is 2.79. The van der Waals surface area contributed by atoms with Gasteiger partial charge in [0.05, 0.1) is 19.5 Å². The number of hydrogen-bond donors (Lipinski definition) is 0. The van der Waals surface area contributed by atoms with E-state index in [2.05, 4.69) is 20.0 Å². The van der Waals surface area contributed by atoms with Crippen LogP contribution >= 0.6 is 0 Å². The third-order valence-corrected chi connectivity index (χ3v) is 7.46. The topological polar surface area (TPSA) is 99.2 Å². The van der Waals surface area contributed by atoms with E-state index in [1.54, 1.807) is 0 Å². The van der Waals surface area contributed by atoms with Crippen LogP contribution in [0.1, 0.15) is 12.8 Å². The molecule has 0 radical (unpaired) electrons. The van der Waals surface area contributed by atoms with E-state index >= 15 is 0 Å². The molecule has 0 N–H and O–H groups in total. The van der Waals surface area contributed by atoms with Crippen LogP contribution in [-0.2, 0) is 19.6 Å². The predicted molar refractivity (Wildman–Crippen MR) is 113 cm³/mol. The number of nitrogens with zero attached hydrogens (tertiary/aromatic N) is 6. The number of rotatable bonds is 4. The van der Waals surface area contributed by atoms with Gasteiger partial charge in [0.2, 0.25) is 15.9 Å². The highest BCUT2D eigenvalue weighted by Crippen LogP contribution is 2.23. The number of sulfonamides is 1. The molecule has 3 aliphatic rings. The van der Waals surface area contributed by atoms with Crippen molar-refractivity contribution in [1.82, 2.24) is 19.4 Å². The summed E-state index contributed by atoms with van der Waals surface area (Å²) in [5, 5.41) is 8.77. The summed E-state index contributed by atoms with van der Waals surface area (Å²) in [5.41, 5.74) is 0. The zero-order valence-corrected chi connectivity index (χ0v) is 18.3. The number of piperidine rings is 1. The molecule has 30 heavy (non-hydrogen) atoms. The van der Waals surface area contributed by atoms with Gasteiger partial charge in [-0.05, 0) is 25.0 Å². The molecule has 166 valence electrons. The fraction of sp³-hybridized carbons (Fsp3) is 0.737. The van der Waals surface area contributed by atoms with Crippen LogP contribution in [0.25, 0.3) is 0 Å². The van der Waals surface area contributed by atoms with Gasteiger partial charge in [-0.1, -0.05) is 0 Å². The molecule has 0 aliphatic carbocycles. The van der Waals surface area contributed by atoms with E-state index in [0.29, 0.717) is 52.2 Å². The molecule has 11 heteroatoms. The quantitative estimate of drug-likeness (QED) is 0.628. The fourth-order valence-corrected chi connectivity index (χ4v) is 5.17. The first kappa shape index (κ1) is 21.3. The molecule has 3 aliphatic heterocycles. The lowest BCUT2D eigenvalue weighted by Gasteiger charge is -2.38. The van der Waals surface area contributed by atoms with Crippen molar-refractivity contribution in [3.8, 4) is 0 Å². The first-order chi connectivity index (χ1) is 14.4. The van der Waals surface area contributed by atoms with Crippen molar-refractivity contribution in [3.05, 3.63) is 12.1 Å². The van der Waals surface area contributed by atoms with Crippen LogP contribution in [0.5, 0.6) is 0 Å². The largest absolute Gasteiger partial charge is 0.378 e. The maximum atomic E-state index is 12.9. The van der Waals surface area contributed by atoms with Gasteiger partial charge in [-0.3, -0.25) is 4.79 Å². The number of aromatic nitrogens is 2. The van der Waals surface area contributed by atoms with E-state index in [1.165, 1.54) is 10.6 Å². The van der Waals surface area contributed by atoms with E-state index in [0.717, 1.165) is 37.8 Å². The van der Waals surface area contributed by atoms with E-state index in [4.69, 9.17) is 4.74 Å². The van der Waals surface area contributed by atoms with Crippen molar-refractivity contribution in [2.24, 2.45) is 5.92 Å². The Labute approximate surface area is 177 Å². The molecule has 1 aromatic heterocycles. The highest BCUT2D eigenvalue weighted by Gasteiger charge is 2.32. The second kappa shape index (κ2) is 9.03. The average molecular weight is 439 g/mol. The number of morpholine rings is 1. The number of ether oxygens (including phenoxy) is 1. The van der Waals surface area contributed by atoms with Gasteiger partial charge < -0.3 is 19.4 Å². The smallest absolute Gasteiger partial charge is 0.225 e. The molecule has 4 heterocycles. The summed E-state index contributed by atoms with van der Waals surface area (Å²) in [7, 11) is -3.17. The standard InChI is InChI=1S/C19H30N6O4S/c1-30(27,28)25-6-4-16(5-7-25)19(26)24-10-8-22(9-11-24)17-2-3-18(21-20-17)23-12-14-29-15-13-23/h2-3,16H,4-15H2,1H3. The van der Waals surface area contributed by atoms with Crippen molar-refractivity contribution >= 4 is 27.6 Å². The van der Waals surface area contributed by atoms with Crippen LogP contribution in [0.3, 0.4) is 0 Å². The van der Waals surface area contributed by atoms with Crippen molar-refractivity contribution in [3.63, 3.8) is 0 Å². The molecule has 1 aromatic rings. The van der Waals surface area contributed by atoms with Crippen LogP contribution in [0.4, 0.5) is 11.6 Å². The number of piperazine rings is 1. The van der Waals surface area contributed by atoms with E-state index in [-0.39, 0.29) is 11.8 Å². The Balaban J connectivity index is 1.27. The highest BCUT2D eigenvalue weighted by atomic mass is 32.2. The van der Waals surface area contributed by atoms with Crippen LogP contribution < -0.4 is 9.80 Å². The normalized spacial score (nSPS) is 22.4. The maximum absolute atomic E-state index is 12.9. The Kier molecular flexibility index (Phi) is 6.40. The zero-order valence-electron chi connectivity index (χ0n) is 17.4. The predicted octanol–water partition coefficient (Wildman–Crippen LogP) is -0.367. The number of carbonyl (C=O) groups is 1. The number of amides is 1. The van der Waals surface area contributed by atoms with Crippen molar-refractivity contribution in [1.29, 1.82) is 0 Å². The summed E-state index contributed by atoms with van der Waals surface area (Å²) < 4.78 is 30.1. The Hall–Kier alpha value is -1.98. The van der Waals surface area contributed by atoms with Gasteiger partial charge in [-0.15, -0.1) is 10.2 Å². The first-order valence-corrected chi connectivity index (χ1v) is 12.4. The van der Waals surface area contributed by atoms with Crippen LogP contribution in [0.15, 0.2) is 12.1 Å². The van der Waals surface area contributed by atoms with E-state index < -0.39 is 10.0 Å². The van der Waals surface area contributed by atoms with Gasteiger partial charge in [0.1, 0.15) is 0 Å². The molecule has 0 atom stereocenters. The molecule has 3 fully saturated rings. The minimum atomic E-state index is -3.17. The molecule has 0 aromatic carbocycles. The van der Waals surface area contributed by atoms with Gasteiger partial charge in [0.25, 0.3) is 0 Å². The number of carbonyl (C=O) groups excluding carboxylic acids is 1. The number of hydrogen-bond acceptors (Lipinski definition) is 8. The molecule has 4 rings (SSSR count). The Morgan fingerprint density at radius 1 is 0.900 bits per heavy atom. The van der Waals surface area contributed by atoms with Crippen molar-refractivity contribution in [2.75, 3.05) is 81.6 Å². The lowest BCUT2D eigenvalue weighted by atomic mass is 9.96. The third-order valence-electron chi connectivity index (χ3n) is 6.16. The molecule has 10 nitrogen and oxygen atoms in total. The minimum absolute atomic E-state index is 0.0813. The van der Waals surface area contributed by atoms with E-state index in [9.17, 15) is 13.2 Å². The van der Waals surface area contributed by atoms with E-state index in [1.807, 2.05) is 17.0 Å². The Morgan fingerprint density at radius 3 is 1.93 bits per heavy atom. The highest BCUT2D eigenvalue weighted by molar-refractivity contribution is 7.88. The van der Waals surface area contributed by atoms with Crippen LogP contribution in [0.2, 0.25) is 0 Å².